The van der Waals surface area contributed by atoms with Gasteiger partial charge in [0.25, 0.3) is 0 Å². The van der Waals surface area contributed by atoms with Crippen LogP contribution in [0.3, 0.4) is 0 Å². The highest BCUT2D eigenvalue weighted by Gasteiger charge is 2.32. The van der Waals surface area contributed by atoms with Gasteiger partial charge in [-0.15, -0.1) is 5.10 Å². The Morgan fingerprint density at radius 2 is 1.88 bits per heavy atom. The minimum absolute atomic E-state index is 0.540. The van der Waals surface area contributed by atoms with Crippen molar-refractivity contribution in [1.29, 1.82) is 0 Å². The van der Waals surface area contributed by atoms with Crippen molar-refractivity contribution < 1.29 is 0 Å². The van der Waals surface area contributed by atoms with Crippen molar-refractivity contribution >= 4 is 0 Å². The highest BCUT2D eigenvalue weighted by atomic mass is 15.5. The SMILES string of the molecule is NCc1nnn(C2CC2)c1C1CCCCC1. The van der Waals surface area contributed by atoms with Crippen LogP contribution in [0.5, 0.6) is 0 Å². The Hall–Kier alpha value is -0.900. The molecule has 2 N–H and O–H groups in total. The van der Waals surface area contributed by atoms with E-state index in [2.05, 4.69) is 15.0 Å². The van der Waals surface area contributed by atoms with Gasteiger partial charge in [-0.3, -0.25) is 0 Å². The van der Waals surface area contributed by atoms with Crippen LogP contribution in [0.4, 0.5) is 0 Å². The number of rotatable bonds is 3. The molecule has 0 amide bonds. The molecule has 0 saturated heterocycles. The summed E-state index contributed by atoms with van der Waals surface area (Å²) < 4.78 is 2.18. The van der Waals surface area contributed by atoms with Crippen LogP contribution in [-0.4, -0.2) is 15.0 Å². The molecule has 1 aromatic rings. The number of nitrogens with zero attached hydrogens (tertiary/aromatic N) is 3. The van der Waals surface area contributed by atoms with Gasteiger partial charge in [0.05, 0.1) is 17.4 Å². The maximum Gasteiger partial charge on any atom is 0.0997 e. The second-order valence-electron chi connectivity index (χ2n) is 5.14. The molecule has 1 aromatic heterocycles. The highest BCUT2D eigenvalue weighted by Crippen LogP contribution is 2.40. The quantitative estimate of drug-likeness (QED) is 0.848. The van der Waals surface area contributed by atoms with Crippen LogP contribution in [0.2, 0.25) is 0 Å². The number of nitrogens with two attached hydrogens (primary N) is 1. The van der Waals surface area contributed by atoms with Crippen LogP contribution >= 0.6 is 0 Å². The molecular formula is C12H20N4. The van der Waals surface area contributed by atoms with E-state index < -0.39 is 0 Å². The van der Waals surface area contributed by atoms with E-state index in [1.54, 1.807) is 0 Å². The van der Waals surface area contributed by atoms with Crippen LogP contribution in [0.25, 0.3) is 0 Å². The lowest BCUT2D eigenvalue weighted by molar-refractivity contribution is 0.413. The molecule has 2 saturated carbocycles. The summed E-state index contributed by atoms with van der Waals surface area (Å²) in [5.41, 5.74) is 8.18. The first-order chi connectivity index (χ1) is 7.90. The second kappa shape index (κ2) is 4.17. The van der Waals surface area contributed by atoms with Crippen molar-refractivity contribution in [2.75, 3.05) is 0 Å². The Balaban J connectivity index is 1.91. The monoisotopic (exact) mass is 220 g/mol. The molecule has 0 aromatic carbocycles. The normalized spacial score (nSPS) is 22.6. The molecule has 88 valence electrons. The first-order valence-corrected chi connectivity index (χ1v) is 6.54. The summed E-state index contributed by atoms with van der Waals surface area (Å²) in [6.07, 6.45) is 9.23. The molecular weight excluding hydrogens is 200 g/mol. The first kappa shape index (κ1) is 10.3. The van der Waals surface area contributed by atoms with Gasteiger partial charge in [-0.1, -0.05) is 24.5 Å². The highest BCUT2D eigenvalue weighted by molar-refractivity contribution is 5.18. The van der Waals surface area contributed by atoms with Gasteiger partial charge in [0, 0.05) is 12.5 Å². The van der Waals surface area contributed by atoms with E-state index in [0.29, 0.717) is 18.5 Å². The molecule has 4 heteroatoms. The van der Waals surface area contributed by atoms with Crippen LogP contribution in [-0.2, 0) is 6.54 Å². The number of hydrogen-bond acceptors (Lipinski definition) is 3. The zero-order chi connectivity index (χ0) is 11.0. The van der Waals surface area contributed by atoms with E-state index in [1.807, 2.05) is 0 Å². The Morgan fingerprint density at radius 3 is 2.50 bits per heavy atom. The fourth-order valence-electron chi connectivity index (χ4n) is 2.87. The van der Waals surface area contributed by atoms with Crippen LogP contribution in [0.1, 0.15) is 68.3 Å². The molecule has 2 aliphatic carbocycles. The topological polar surface area (TPSA) is 56.7 Å². The van der Waals surface area contributed by atoms with Gasteiger partial charge in [-0.2, -0.15) is 0 Å². The van der Waals surface area contributed by atoms with Gasteiger partial charge in [-0.25, -0.2) is 4.68 Å². The summed E-state index contributed by atoms with van der Waals surface area (Å²) in [5, 5.41) is 8.57. The summed E-state index contributed by atoms with van der Waals surface area (Å²) in [6, 6.07) is 0.629. The third-order valence-corrected chi connectivity index (χ3v) is 3.88. The fraction of sp³-hybridized carbons (Fsp3) is 0.833. The molecule has 0 unspecified atom stereocenters. The smallest absolute Gasteiger partial charge is 0.0997 e. The fourth-order valence-corrected chi connectivity index (χ4v) is 2.87. The van der Waals surface area contributed by atoms with Gasteiger partial charge >= 0.3 is 0 Å². The van der Waals surface area contributed by atoms with Gasteiger partial charge < -0.3 is 5.73 Å². The molecule has 0 atom stereocenters. The zero-order valence-electron chi connectivity index (χ0n) is 9.73. The lowest BCUT2D eigenvalue weighted by Crippen LogP contribution is -2.14. The largest absolute Gasteiger partial charge is 0.325 e. The number of aromatic nitrogens is 3. The maximum absolute atomic E-state index is 5.78. The van der Waals surface area contributed by atoms with E-state index in [-0.39, 0.29) is 0 Å². The summed E-state index contributed by atoms with van der Waals surface area (Å²) in [4.78, 5) is 0. The van der Waals surface area contributed by atoms with E-state index in [4.69, 9.17) is 5.73 Å². The van der Waals surface area contributed by atoms with E-state index in [1.165, 1.54) is 50.6 Å². The predicted molar refractivity (Wildman–Crippen MR) is 62.0 cm³/mol. The van der Waals surface area contributed by atoms with Crippen molar-refractivity contribution in [3.05, 3.63) is 11.4 Å². The van der Waals surface area contributed by atoms with Crippen molar-refractivity contribution in [3.8, 4) is 0 Å². The summed E-state index contributed by atoms with van der Waals surface area (Å²) in [7, 11) is 0. The summed E-state index contributed by atoms with van der Waals surface area (Å²) in [6.45, 7) is 0.540. The second-order valence-corrected chi connectivity index (χ2v) is 5.14. The van der Waals surface area contributed by atoms with Crippen LogP contribution in [0, 0.1) is 0 Å². The molecule has 16 heavy (non-hydrogen) atoms. The minimum Gasteiger partial charge on any atom is -0.325 e. The average Bonchev–Trinajstić information content (AvgIpc) is 3.09. The minimum atomic E-state index is 0.540. The van der Waals surface area contributed by atoms with Gasteiger partial charge in [-0.05, 0) is 25.7 Å². The van der Waals surface area contributed by atoms with Crippen LogP contribution < -0.4 is 5.73 Å². The number of hydrogen-bond donors (Lipinski definition) is 1. The van der Waals surface area contributed by atoms with Crippen molar-refractivity contribution in [3.63, 3.8) is 0 Å². The summed E-state index contributed by atoms with van der Waals surface area (Å²) >= 11 is 0. The molecule has 2 fully saturated rings. The van der Waals surface area contributed by atoms with Crippen molar-refractivity contribution in [2.24, 2.45) is 5.73 Å². The average molecular weight is 220 g/mol. The molecule has 1 heterocycles. The molecule has 0 radical (unpaired) electrons. The zero-order valence-corrected chi connectivity index (χ0v) is 9.73. The van der Waals surface area contributed by atoms with Crippen molar-refractivity contribution in [1.82, 2.24) is 15.0 Å². The summed E-state index contributed by atoms with van der Waals surface area (Å²) in [5.74, 6) is 0.669. The molecule has 3 rings (SSSR count). The van der Waals surface area contributed by atoms with E-state index in [0.717, 1.165) is 5.69 Å². The molecule has 2 aliphatic rings. The lowest BCUT2D eigenvalue weighted by Gasteiger charge is -2.23. The standard InChI is InChI=1S/C12H20N4/c13-8-11-12(9-4-2-1-3-5-9)16(15-14-11)10-6-7-10/h9-10H,1-8,13H2. The van der Waals surface area contributed by atoms with Gasteiger partial charge in [0.1, 0.15) is 0 Å². The third-order valence-electron chi connectivity index (χ3n) is 3.88. The van der Waals surface area contributed by atoms with E-state index >= 15 is 0 Å². The lowest BCUT2D eigenvalue weighted by atomic mass is 9.86. The Labute approximate surface area is 96.2 Å². The predicted octanol–water partition coefficient (Wildman–Crippen LogP) is 2.12. The van der Waals surface area contributed by atoms with Crippen molar-refractivity contribution in [2.45, 2.75) is 63.5 Å². The Morgan fingerprint density at radius 1 is 1.12 bits per heavy atom. The Kier molecular flexibility index (Phi) is 2.67. The molecule has 0 bridgehead atoms. The maximum atomic E-state index is 5.78. The van der Waals surface area contributed by atoms with Crippen LogP contribution in [0.15, 0.2) is 0 Å². The van der Waals surface area contributed by atoms with Gasteiger partial charge in [0.15, 0.2) is 0 Å². The first-order valence-electron chi connectivity index (χ1n) is 6.54. The molecule has 0 aliphatic heterocycles. The van der Waals surface area contributed by atoms with E-state index in [9.17, 15) is 0 Å². The van der Waals surface area contributed by atoms with Gasteiger partial charge in [0.2, 0.25) is 0 Å². The third kappa shape index (κ3) is 1.75. The molecule has 4 nitrogen and oxygen atoms in total. The molecule has 0 spiro atoms. The Bertz CT molecular complexity index is 361.